The average Bonchev–Trinajstić information content (AvgIpc) is 2.82. The maximum absolute atomic E-state index is 6.10. The van der Waals surface area contributed by atoms with E-state index in [9.17, 15) is 0 Å². The largest absolute Gasteiger partial charge is 0.496 e. The van der Waals surface area contributed by atoms with Crippen LogP contribution in [0.1, 0.15) is 11.4 Å². The van der Waals surface area contributed by atoms with E-state index < -0.39 is 0 Å². The number of hydrogen-bond donors (Lipinski definition) is 2. The van der Waals surface area contributed by atoms with E-state index in [-0.39, 0.29) is 6.04 Å². The predicted octanol–water partition coefficient (Wildman–Crippen LogP) is 1.53. The summed E-state index contributed by atoms with van der Waals surface area (Å²) in [5.41, 5.74) is 7.24. The number of ether oxygens (including phenoxy) is 1. The van der Waals surface area contributed by atoms with Crippen LogP contribution in [0.25, 0.3) is 0 Å². The van der Waals surface area contributed by atoms with Crippen molar-refractivity contribution >= 4 is 0 Å². The Kier molecular flexibility index (Phi) is 3.77. The summed E-state index contributed by atoms with van der Waals surface area (Å²) in [7, 11) is 1.68. The highest BCUT2D eigenvalue weighted by Crippen LogP contribution is 2.19. The molecule has 1 aromatic heterocycles. The zero-order chi connectivity index (χ0) is 12.1. The normalized spacial score (nSPS) is 12.4. The second-order valence-corrected chi connectivity index (χ2v) is 4.02. The number of imidazole rings is 1. The standard InChI is InChI=1S/C13H17N3O/c1-17-12-5-3-2-4-10(12)8-11(14)9-13-15-6-7-16-13/h2-7,11H,8-9,14H2,1H3,(H,15,16). The van der Waals surface area contributed by atoms with Gasteiger partial charge in [0.25, 0.3) is 0 Å². The van der Waals surface area contributed by atoms with Gasteiger partial charge in [-0.25, -0.2) is 4.98 Å². The molecule has 3 N–H and O–H groups in total. The molecule has 0 aliphatic rings. The van der Waals surface area contributed by atoms with Crippen LogP contribution in [0.2, 0.25) is 0 Å². The Morgan fingerprint density at radius 2 is 2.18 bits per heavy atom. The van der Waals surface area contributed by atoms with Crippen LogP contribution in [0.4, 0.5) is 0 Å². The maximum atomic E-state index is 6.10. The third-order valence-corrected chi connectivity index (χ3v) is 2.69. The van der Waals surface area contributed by atoms with Crippen LogP contribution in [-0.4, -0.2) is 23.1 Å². The summed E-state index contributed by atoms with van der Waals surface area (Å²) in [6.07, 6.45) is 5.08. The predicted molar refractivity (Wildman–Crippen MR) is 67.0 cm³/mol. The third-order valence-electron chi connectivity index (χ3n) is 2.69. The molecule has 0 bridgehead atoms. The van der Waals surface area contributed by atoms with E-state index >= 15 is 0 Å². The highest BCUT2D eigenvalue weighted by Gasteiger charge is 2.10. The first kappa shape index (κ1) is 11.7. The van der Waals surface area contributed by atoms with Gasteiger partial charge in [-0.15, -0.1) is 0 Å². The van der Waals surface area contributed by atoms with Gasteiger partial charge in [-0.1, -0.05) is 18.2 Å². The van der Waals surface area contributed by atoms with Gasteiger partial charge < -0.3 is 15.5 Å². The lowest BCUT2D eigenvalue weighted by Gasteiger charge is -2.13. The SMILES string of the molecule is COc1ccccc1CC(N)Cc1ncc[nH]1. The molecule has 1 atom stereocenters. The zero-order valence-corrected chi connectivity index (χ0v) is 9.89. The Bertz CT molecular complexity index is 453. The number of rotatable bonds is 5. The van der Waals surface area contributed by atoms with Gasteiger partial charge in [0.15, 0.2) is 0 Å². The lowest BCUT2D eigenvalue weighted by molar-refractivity contribution is 0.407. The smallest absolute Gasteiger partial charge is 0.122 e. The number of H-pyrrole nitrogens is 1. The van der Waals surface area contributed by atoms with Crippen LogP contribution in [0, 0.1) is 0 Å². The molecule has 1 heterocycles. The van der Waals surface area contributed by atoms with E-state index in [0.717, 1.165) is 30.0 Å². The molecule has 0 fully saturated rings. The van der Waals surface area contributed by atoms with E-state index in [2.05, 4.69) is 9.97 Å². The first-order valence-electron chi connectivity index (χ1n) is 5.65. The van der Waals surface area contributed by atoms with Gasteiger partial charge in [0.05, 0.1) is 7.11 Å². The monoisotopic (exact) mass is 231 g/mol. The Labute approximate surface area is 101 Å². The van der Waals surface area contributed by atoms with Crippen molar-refractivity contribution in [3.05, 3.63) is 48.0 Å². The molecular weight excluding hydrogens is 214 g/mol. The van der Waals surface area contributed by atoms with Crippen LogP contribution in [-0.2, 0) is 12.8 Å². The number of hydrogen-bond acceptors (Lipinski definition) is 3. The fraction of sp³-hybridized carbons (Fsp3) is 0.308. The molecule has 0 spiro atoms. The van der Waals surface area contributed by atoms with Crippen molar-refractivity contribution in [3.8, 4) is 5.75 Å². The topological polar surface area (TPSA) is 63.9 Å². The molecule has 2 rings (SSSR count). The Morgan fingerprint density at radius 3 is 2.88 bits per heavy atom. The molecule has 0 aliphatic carbocycles. The second kappa shape index (κ2) is 5.50. The number of aromatic nitrogens is 2. The van der Waals surface area contributed by atoms with Crippen molar-refractivity contribution in [1.29, 1.82) is 0 Å². The quantitative estimate of drug-likeness (QED) is 0.820. The molecule has 2 aromatic rings. The average molecular weight is 231 g/mol. The highest BCUT2D eigenvalue weighted by atomic mass is 16.5. The van der Waals surface area contributed by atoms with E-state index in [4.69, 9.17) is 10.5 Å². The molecule has 1 aromatic carbocycles. The fourth-order valence-corrected chi connectivity index (χ4v) is 1.88. The van der Waals surface area contributed by atoms with Crippen LogP contribution in [0.15, 0.2) is 36.7 Å². The van der Waals surface area contributed by atoms with Gasteiger partial charge in [0.2, 0.25) is 0 Å². The van der Waals surface area contributed by atoms with Gasteiger partial charge in [-0.2, -0.15) is 0 Å². The Balaban J connectivity index is 2.00. The lowest BCUT2D eigenvalue weighted by atomic mass is 10.0. The van der Waals surface area contributed by atoms with Crippen LogP contribution in [0.5, 0.6) is 5.75 Å². The molecule has 4 nitrogen and oxygen atoms in total. The fourth-order valence-electron chi connectivity index (χ4n) is 1.88. The zero-order valence-electron chi connectivity index (χ0n) is 9.89. The highest BCUT2D eigenvalue weighted by molar-refractivity contribution is 5.33. The Morgan fingerprint density at radius 1 is 1.35 bits per heavy atom. The minimum Gasteiger partial charge on any atom is -0.496 e. The molecule has 1 unspecified atom stereocenters. The van der Waals surface area contributed by atoms with Crippen molar-refractivity contribution in [3.63, 3.8) is 0 Å². The maximum Gasteiger partial charge on any atom is 0.122 e. The molecule has 17 heavy (non-hydrogen) atoms. The molecule has 4 heteroatoms. The second-order valence-electron chi connectivity index (χ2n) is 4.02. The minimum absolute atomic E-state index is 0.0393. The van der Waals surface area contributed by atoms with E-state index in [0.29, 0.717) is 0 Å². The van der Waals surface area contributed by atoms with Crippen molar-refractivity contribution in [2.75, 3.05) is 7.11 Å². The van der Waals surface area contributed by atoms with Crippen LogP contribution < -0.4 is 10.5 Å². The van der Waals surface area contributed by atoms with Crippen molar-refractivity contribution in [2.45, 2.75) is 18.9 Å². The molecule has 90 valence electrons. The number of para-hydroxylation sites is 1. The summed E-state index contributed by atoms with van der Waals surface area (Å²) in [6.45, 7) is 0. The van der Waals surface area contributed by atoms with Crippen molar-refractivity contribution in [2.24, 2.45) is 5.73 Å². The van der Waals surface area contributed by atoms with Gasteiger partial charge in [-0.3, -0.25) is 0 Å². The first-order valence-corrected chi connectivity index (χ1v) is 5.65. The van der Waals surface area contributed by atoms with Crippen LogP contribution in [0.3, 0.4) is 0 Å². The number of nitrogens with two attached hydrogens (primary N) is 1. The Hall–Kier alpha value is -1.81. The van der Waals surface area contributed by atoms with Crippen molar-refractivity contribution in [1.82, 2.24) is 9.97 Å². The molecule has 0 saturated carbocycles. The summed E-state index contributed by atoms with van der Waals surface area (Å²) in [5.74, 6) is 1.81. The minimum atomic E-state index is 0.0393. The number of nitrogens with one attached hydrogen (secondary N) is 1. The van der Waals surface area contributed by atoms with Crippen LogP contribution >= 0.6 is 0 Å². The van der Waals surface area contributed by atoms with Gasteiger partial charge >= 0.3 is 0 Å². The van der Waals surface area contributed by atoms with Gasteiger partial charge in [0, 0.05) is 24.9 Å². The molecule has 0 radical (unpaired) electrons. The van der Waals surface area contributed by atoms with Gasteiger partial charge in [0.1, 0.15) is 11.6 Å². The lowest BCUT2D eigenvalue weighted by Crippen LogP contribution is -2.26. The van der Waals surface area contributed by atoms with E-state index in [1.807, 2.05) is 30.5 Å². The molecular formula is C13H17N3O. The summed E-state index contributed by atoms with van der Waals surface area (Å²) in [5, 5.41) is 0. The molecule has 0 saturated heterocycles. The number of methoxy groups -OCH3 is 1. The van der Waals surface area contributed by atoms with E-state index in [1.165, 1.54) is 0 Å². The summed E-state index contributed by atoms with van der Waals surface area (Å²) in [6, 6.07) is 7.99. The number of benzene rings is 1. The number of nitrogens with zero attached hydrogens (tertiary/aromatic N) is 1. The summed E-state index contributed by atoms with van der Waals surface area (Å²) >= 11 is 0. The molecule has 0 aliphatic heterocycles. The van der Waals surface area contributed by atoms with E-state index in [1.54, 1.807) is 13.3 Å². The van der Waals surface area contributed by atoms with Crippen molar-refractivity contribution < 1.29 is 4.74 Å². The molecule has 0 amide bonds. The summed E-state index contributed by atoms with van der Waals surface area (Å²) in [4.78, 5) is 7.23. The number of aromatic amines is 1. The first-order chi connectivity index (χ1) is 8.29. The summed E-state index contributed by atoms with van der Waals surface area (Å²) < 4.78 is 5.30. The third kappa shape index (κ3) is 3.07. The van der Waals surface area contributed by atoms with Gasteiger partial charge in [-0.05, 0) is 18.1 Å².